The largest absolute Gasteiger partial charge is 0.244 e. The van der Waals surface area contributed by atoms with Crippen LogP contribution in [0.3, 0.4) is 0 Å². The maximum Gasteiger partial charge on any atom is 0.0979 e. The molecule has 0 aliphatic carbocycles. The van der Waals surface area contributed by atoms with Gasteiger partial charge in [0, 0.05) is 11.1 Å². The molecule has 0 saturated heterocycles. The Morgan fingerprint density at radius 3 is 1.19 bits per heavy atom. The molecule has 0 radical (unpaired) electrons. The molecule has 0 amide bonds. The van der Waals surface area contributed by atoms with E-state index in [1.807, 2.05) is 36.4 Å². The summed E-state index contributed by atoms with van der Waals surface area (Å²) in [6.07, 6.45) is 0. The fourth-order valence-electron chi connectivity index (χ4n) is 3.40. The number of fused-ring (bicyclic) bond motifs is 2. The molecule has 0 aliphatic rings. The lowest BCUT2D eigenvalue weighted by molar-refractivity contribution is 1.39. The first-order chi connectivity index (χ1) is 12.9. The smallest absolute Gasteiger partial charge is 0.0979 e. The van der Waals surface area contributed by atoms with Crippen molar-refractivity contribution >= 4 is 22.1 Å². The van der Waals surface area contributed by atoms with Crippen molar-refractivity contribution in [3.63, 3.8) is 0 Å². The quantitative estimate of drug-likeness (QED) is 0.364. The van der Waals surface area contributed by atoms with Gasteiger partial charge in [0.05, 0.1) is 22.1 Å². The second kappa shape index (κ2) is 6.08. The van der Waals surface area contributed by atoms with Crippen LogP contribution in [0.1, 0.15) is 0 Å². The summed E-state index contributed by atoms with van der Waals surface area (Å²) in [5.41, 5.74) is 8.25. The van der Waals surface area contributed by atoms with Crippen LogP contribution in [0.15, 0.2) is 97.1 Å². The number of aromatic nitrogens is 2. The van der Waals surface area contributed by atoms with E-state index in [0.29, 0.717) is 0 Å². The predicted octanol–water partition coefficient (Wildman–Crippen LogP) is 6.12. The summed E-state index contributed by atoms with van der Waals surface area (Å²) in [4.78, 5) is 9.96. The Bertz CT molecular complexity index is 1120. The van der Waals surface area contributed by atoms with E-state index < -0.39 is 0 Å². The van der Waals surface area contributed by atoms with Crippen molar-refractivity contribution in [2.24, 2.45) is 0 Å². The zero-order valence-corrected chi connectivity index (χ0v) is 14.1. The molecule has 5 rings (SSSR count). The Morgan fingerprint density at radius 1 is 0.385 bits per heavy atom. The van der Waals surface area contributed by atoms with Gasteiger partial charge in [0.1, 0.15) is 0 Å². The van der Waals surface area contributed by atoms with Gasteiger partial charge in [-0.2, -0.15) is 0 Å². The molecular formula is C24H16N2. The molecule has 1 heterocycles. The van der Waals surface area contributed by atoms with Crippen molar-refractivity contribution in [3.05, 3.63) is 97.1 Å². The van der Waals surface area contributed by atoms with Crippen molar-refractivity contribution in [2.45, 2.75) is 0 Å². The number of rotatable bonds is 2. The number of para-hydroxylation sites is 2. The van der Waals surface area contributed by atoms with Crippen molar-refractivity contribution in [1.29, 1.82) is 0 Å². The first kappa shape index (κ1) is 14.8. The molecule has 0 spiro atoms. The van der Waals surface area contributed by atoms with Crippen LogP contribution in [0.25, 0.3) is 44.3 Å². The normalized spacial score (nSPS) is 11.1. The molecule has 0 aliphatic heterocycles. The molecule has 2 nitrogen and oxygen atoms in total. The monoisotopic (exact) mass is 332 g/mol. The molecule has 26 heavy (non-hydrogen) atoms. The Balaban J connectivity index is 1.90. The molecule has 122 valence electrons. The second-order valence-corrected chi connectivity index (χ2v) is 6.30. The minimum Gasteiger partial charge on any atom is -0.244 e. The molecule has 2 heteroatoms. The molecule has 5 aromatic rings. The van der Waals surface area contributed by atoms with Crippen LogP contribution in [-0.2, 0) is 0 Å². The standard InChI is InChI=1S/C24H16N2/c1-3-9-17(10-4-1)19-15-16-20(18-11-5-2-6-12-18)24-23(19)25-21-13-7-8-14-22(21)26-24/h1-16H. The number of hydrogen-bond donors (Lipinski definition) is 0. The van der Waals surface area contributed by atoms with Gasteiger partial charge in [0.2, 0.25) is 0 Å². The van der Waals surface area contributed by atoms with Gasteiger partial charge in [-0.1, -0.05) is 84.9 Å². The first-order valence-electron chi connectivity index (χ1n) is 8.70. The summed E-state index contributed by atoms with van der Waals surface area (Å²) in [5, 5.41) is 0. The lowest BCUT2D eigenvalue weighted by Gasteiger charge is -2.12. The average Bonchev–Trinajstić information content (AvgIpc) is 2.73. The van der Waals surface area contributed by atoms with Gasteiger partial charge in [-0.25, -0.2) is 9.97 Å². The highest BCUT2D eigenvalue weighted by Gasteiger charge is 2.13. The van der Waals surface area contributed by atoms with Crippen LogP contribution in [0.4, 0.5) is 0 Å². The topological polar surface area (TPSA) is 25.8 Å². The van der Waals surface area contributed by atoms with Gasteiger partial charge in [-0.3, -0.25) is 0 Å². The molecule has 1 aromatic heterocycles. The maximum atomic E-state index is 4.98. The highest BCUT2D eigenvalue weighted by molar-refractivity contribution is 6.03. The summed E-state index contributed by atoms with van der Waals surface area (Å²) >= 11 is 0. The average molecular weight is 332 g/mol. The van der Waals surface area contributed by atoms with E-state index in [0.717, 1.165) is 44.3 Å². The van der Waals surface area contributed by atoms with Crippen LogP contribution in [0, 0.1) is 0 Å². The van der Waals surface area contributed by atoms with Gasteiger partial charge in [-0.15, -0.1) is 0 Å². The predicted molar refractivity (Wildman–Crippen MR) is 108 cm³/mol. The third kappa shape index (κ3) is 2.44. The van der Waals surface area contributed by atoms with Crippen LogP contribution in [0.5, 0.6) is 0 Å². The highest BCUT2D eigenvalue weighted by Crippen LogP contribution is 2.34. The summed E-state index contributed by atoms with van der Waals surface area (Å²) in [5.74, 6) is 0. The van der Waals surface area contributed by atoms with E-state index >= 15 is 0 Å². The zero-order chi connectivity index (χ0) is 17.3. The summed E-state index contributed by atoms with van der Waals surface area (Å²) < 4.78 is 0. The van der Waals surface area contributed by atoms with Gasteiger partial charge < -0.3 is 0 Å². The maximum absolute atomic E-state index is 4.98. The SMILES string of the molecule is c1ccc(-c2ccc(-c3ccccc3)c3nc4ccccc4nc23)cc1. The lowest BCUT2D eigenvalue weighted by Crippen LogP contribution is -1.93. The molecule has 0 saturated carbocycles. The van der Waals surface area contributed by atoms with E-state index in [9.17, 15) is 0 Å². The molecule has 0 bridgehead atoms. The van der Waals surface area contributed by atoms with Gasteiger partial charge >= 0.3 is 0 Å². The molecule has 0 unspecified atom stereocenters. The zero-order valence-electron chi connectivity index (χ0n) is 14.1. The molecule has 0 N–H and O–H groups in total. The summed E-state index contributed by atoms with van der Waals surface area (Å²) in [7, 11) is 0. The lowest BCUT2D eigenvalue weighted by atomic mass is 9.97. The van der Waals surface area contributed by atoms with E-state index in [4.69, 9.17) is 9.97 Å². The Hall–Kier alpha value is -3.52. The van der Waals surface area contributed by atoms with Gasteiger partial charge in [0.25, 0.3) is 0 Å². The summed E-state index contributed by atoms with van der Waals surface area (Å²) in [6, 6.07) is 33.1. The van der Waals surface area contributed by atoms with Crippen LogP contribution >= 0.6 is 0 Å². The van der Waals surface area contributed by atoms with Crippen molar-refractivity contribution in [3.8, 4) is 22.3 Å². The highest BCUT2D eigenvalue weighted by atomic mass is 14.8. The van der Waals surface area contributed by atoms with Crippen molar-refractivity contribution in [1.82, 2.24) is 9.97 Å². The third-order valence-corrected chi connectivity index (χ3v) is 4.67. The van der Waals surface area contributed by atoms with Crippen molar-refractivity contribution in [2.75, 3.05) is 0 Å². The fraction of sp³-hybridized carbons (Fsp3) is 0. The fourth-order valence-corrected chi connectivity index (χ4v) is 3.40. The van der Waals surface area contributed by atoms with E-state index in [-0.39, 0.29) is 0 Å². The minimum absolute atomic E-state index is 0.919. The Kier molecular flexibility index (Phi) is 3.46. The van der Waals surface area contributed by atoms with E-state index in [1.54, 1.807) is 0 Å². The Labute approximate surface area is 151 Å². The van der Waals surface area contributed by atoms with E-state index in [2.05, 4.69) is 60.7 Å². The van der Waals surface area contributed by atoms with E-state index in [1.165, 1.54) is 0 Å². The van der Waals surface area contributed by atoms with Crippen LogP contribution in [0.2, 0.25) is 0 Å². The van der Waals surface area contributed by atoms with Crippen LogP contribution in [-0.4, -0.2) is 9.97 Å². The molecule has 0 fully saturated rings. The first-order valence-corrected chi connectivity index (χ1v) is 8.70. The molecule has 0 atom stereocenters. The number of hydrogen-bond acceptors (Lipinski definition) is 2. The van der Waals surface area contributed by atoms with Crippen molar-refractivity contribution < 1.29 is 0 Å². The number of benzene rings is 4. The van der Waals surface area contributed by atoms with Gasteiger partial charge in [-0.05, 0) is 23.3 Å². The second-order valence-electron chi connectivity index (χ2n) is 6.30. The molecular weight excluding hydrogens is 316 g/mol. The van der Waals surface area contributed by atoms with Gasteiger partial charge in [0.15, 0.2) is 0 Å². The Morgan fingerprint density at radius 2 is 0.769 bits per heavy atom. The molecule has 4 aromatic carbocycles. The number of nitrogens with zero attached hydrogens (tertiary/aromatic N) is 2. The van der Waals surface area contributed by atoms with Crippen LogP contribution < -0.4 is 0 Å². The summed E-state index contributed by atoms with van der Waals surface area (Å²) in [6.45, 7) is 0. The minimum atomic E-state index is 0.919. The third-order valence-electron chi connectivity index (χ3n) is 4.67.